The molecule has 2 aromatic rings. The first-order chi connectivity index (χ1) is 13.7. The number of pyridine rings is 1. The minimum atomic E-state index is 0. The number of aromatic nitrogens is 3. The van der Waals surface area contributed by atoms with Crippen molar-refractivity contribution in [2.45, 2.75) is 39.8 Å². The van der Waals surface area contributed by atoms with Gasteiger partial charge < -0.3 is 38.8 Å². The van der Waals surface area contributed by atoms with Gasteiger partial charge in [-0.25, -0.2) is 20.4 Å². The Labute approximate surface area is 184 Å². The summed E-state index contributed by atoms with van der Waals surface area (Å²) in [7, 11) is 1.79. The Hall–Kier alpha value is -2.99. The third-order valence-electron chi connectivity index (χ3n) is 4.50. The molecule has 1 aliphatic heterocycles. The summed E-state index contributed by atoms with van der Waals surface area (Å²) in [6.45, 7) is 4.17. The quantitative estimate of drug-likeness (QED) is 0.302. The number of hydrazine groups is 1. The summed E-state index contributed by atoms with van der Waals surface area (Å²) in [6.07, 6.45) is 7.51. The fourth-order valence-electron chi connectivity index (χ4n) is 2.82. The van der Waals surface area contributed by atoms with E-state index in [0.717, 1.165) is 48.7 Å². The summed E-state index contributed by atoms with van der Waals surface area (Å²) in [5, 5.41) is 6.69. The van der Waals surface area contributed by atoms with Gasteiger partial charge in [0.1, 0.15) is 5.82 Å². The highest BCUT2D eigenvalue weighted by molar-refractivity contribution is 5.65. The number of nitrogens with zero attached hydrogens (tertiary/aromatic N) is 3. The highest BCUT2D eigenvalue weighted by Crippen LogP contribution is 2.18. The molecule has 11 nitrogen and oxygen atoms in total. The number of ether oxygens (including phenoxy) is 1. The molecule has 0 atom stereocenters. The fourth-order valence-corrected chi connectivity index (χ4v) is 2.82. The first-order valence-corrected chi connectivity index (χ1v) is 9.40. The molecule has 0 saturated carbocycles. The van der Waals surface area contributed by atoms with Crippen molar-refractivity contribution in [3.63, 3.8) is 0 Å². The Balaban J connectivity index is 0.00000300. The lowest BCUT2D eigenvalue weighted by atomic mass is 10.1. The van der Waals surface area contributed by atoms with E-state index in [1.807, 2.05) is 25.3 Å². The van der Waals surface area contributed by atoms with Crippen molar-refractivity contribution < 1.29 is 4.74 Å². The molecule has 2 aromatic heterocycles. The highest BCUT2D eigenvalue weighted by atomic mass is 16.5. The van der Waals surface area contributed by atoms with E-state index < -0.39 is 0 Å². The summed E-state index contributed by atoms with van der Waals surface area (Å²) in [5.74, 6) is 1.69. The van der Waals surface area contributed by atoms with E-state index >= 15 is 0 Å². The summed E-state index contributed by atoms with van der Waals surface area (Å²) < 4.78 is 5.39. The van der Waals surface area contributed by atoms with Gasteiger partial charge in [-0.2, -0.15) is 0 Å². The van der Waals surface area contributed by atoms with Crippen molar-refractivity contribution in [2.24, 2.45) is 0 Å². The molecular formula is C20H38N10O. The molecule has 3 rings (SSSR count). The Morgan fingerprint density at radius 3 is 2.58 bits per heavy atom. The maximum Gasteiger partial charge on any atom is 0.169 e. The molecule has 0 radical (unpaired) electrons. The zero-order valence-corrected chi connectivity index (χ0v) is 17.7. The number of hydrogen-bond donors (Lipinski definition) is 7. The average Bonchev–Trinajstić information content (AvgIpc) is 2.73. The van der Waals surface area contributed by atoms with Crippen LogP contribution in [-0.2, 0) is 11.3 Å². The van der Waals surface area contributed by atoms with Gasteiger partial charge in [0.05, 0.1) is 11.9 Å². The monoisotopic (exact) mass is 434 g/mol. The molecule has 11 heteroatoms. The minimum Gasteiger partial charge on any atom is -0.388 e. The normalized spacial score (nSPS) is 13.8. The summed E-state index contributed by atoms with van der Waals surface area (Å²) in [4.78, 5) is 13.2. The van der Waals surface area contributed by atoms with Crippen LogP contribution in [0, 0.1) is 0 Å². The standard InChI is InChI=1S/C19H28N8O.CH4.2H3N/c1-13(9-22-15-5-7-28-8-6-15)16-12-24-18(20)19(26-16)25-11-14-3-4-17(23-10-14)27-21-2;;;/h3-4,9-10,12,15,21-22H,5-8,11H2,1-2H3,(H2,20,24)(H,23,27)(H,25,26);1H4;2*1H3/b13-9+;;;. The van der Waals surface area contributed by atoms with Gasteiger partial charge in [-0.3, -0.25) is 0 Å². The zero-order valence-electron chi connectivity index (χ0n) is 17.7. The van der Waals surface area contributed by atoms with E-state index in [0.29, 0.717) is 24.2 Å². The average molecular weight is 435 g/mol. The topological polar surface area (TPSA) is 192 Å². The molecule has 0 aliphatic carbocycles. The van der Waals surface area contributed by atoms with Crippen molar-refractivity contribution in [1.29, 1.82) is 0 Å². The lowest BCUT2D eigenvalue weighted by molar-refractivity contribution is 0.0812. The predicted octanol–water partition coefficient (Wildman–Crippen LogP) is 2.70. The van der Waals surface area contributed by atoms with E-state index in [2.05, 4.69) is 36.4 Å². The van der Waals surface area contributed by atoms with Crippen LogP contribution >= 0.6 is 0 Å². The zero-order chi connectivity index (χ0) is 19.8. The van der Waals surface area contributed by atoms with Crippen molar-refractivity contribution in [2.75, 3.05) is 36.7 Å². The van der Waals surface area contributed by atoms with Crippen LogP contribution in [0.1, 0.15) is 38.4 Å². The van der Waals surface area contributed by atoms with Crippen LogP contribution in [0.2, 0.25) is 0 Å². The van der Waals surface area contributed by atoms with Crippen LogP contribution in [0.5, 0.6) is 0 Å². The predicted molar refractivity (Wildman–Crippen MR) is 128 cm³/mol. The number of nitrogens with two attached hydrogens (primary N) is 1. The number of rotatable bonds is 8. The Morgan fingerprint density at radius 2 is 1.94 bits per heavy atom. The van der Waals surface area contributed by atoms with E-state index in [9.17, 15) is 0 Å². The number of nitrogen functional groups attached to an aromatic ring is 1. The third-order valence-corrected chi connectivity index (χ3v) is 4.50. The molecule has 1 fully saturated rings. The van der Waals surface area contributed by atoms with Crippen LogP contribution in [0.15, 0.2) is 30.7 Å². The first kappa shape index (κ1) is 28.0. The number of anilines is 3. The second-order valence-electron chi connectivity index (χ2n) is 6.65. The van der Waals surface area contributed by atoms with E-state index in [1.54, 1.807) is 19.4 Å². The molecule has 0 amide bonds. The molecular weight excluding hydrogens is 396 g/mol. The molecule has 3 heterocycles. The van der Waals surface area contributed by atoms with Gasteiger partial charge in [0.15, 0.2) is 11.6 Å². The first-order valence-electron chi connectivity index (χ1n) is 9.40. The van der Waals surface area contributed by atoms with Gasteiger partial charge in [0, 0.05) is 45.2 Å². The highest BCUT2D eigenvalue weighted by Gasteiger charge is 2.12. The van der Waals surface area contributed by atoms with Crippen molar-refractivity contribution in [3.05, 3.63) is 42.0 Å². The maximum absolute atomic E-state index is 5.99. The van der Waals surface area contributed by atoms with Crippen LogP contribution in [0.4, 0.5) is 17.5 Å². The molecule has 1 aliphatic rings. The summed E-state index contributed by atoms with van der Waals surface area (Å²) >= 11 is 0. The van der Waals surface area contributed by atoms with Crippen LogP contribution in [0.3, 0.4) is 0 Å². The minimum absolute atomic E-state index is 0. The lowest BCUT2D eigenvalue weighted by Crippen LogP contribution is -2.31. The Bertz CT molecular complexity index is 791. The maximum atomic E-state index is 5.99. The molecule has 0 spiro atoms. The Morgan fingerprint density at radius 1 is 1.19 bits per heavy atom. The van der Waals surface area contributed by atoms with Gasteiger partial charge in [0.25, 0.3) is 0 Å². The van der Waals surface area contributed by atoms with Gasteiger partial charge in [-0.15, -0.1) is 0 Å². The Kier molecular flexibility index (Phi) is 12.7. The fraction of sp³-hybridized carbons (Fsp3) is 0.450. The van der Waals surface area contributed by atoms with E-state index in [4.69, 9.17) is 10.5 Å². The number of hydrogen-bond acceptors (Lipinski definition) is 11. The number of nitrogens with one attached hydrogen (secondary N) is 4. The molecule has 0 unspecified atom stereocenters. The second kappa shape index (κ2) is 14.1. The second-order valence-corrected chi connectivity index (χ2v) is 6.65. The van der Waals surface area contributed by atoms with E-state index in [-0.39, 0.29) is 19.7 Å². The molecule has 1 saturated heterocycles. The van der Waals surface area contributed by atoms with Crippen molar-refractivity contribution >= 4 is 23.0 Å². The molecule has 174 valence electrons. The van der Waals surface area contributed by atoms with Crippen molar-refractivity contribution in [3.8, 4) is 0 Å². The van der Waals surface area contributed by atoms with Crippen LogP contribution in [0.25, 0.3) is 5.57 Å². The molecule has 12 N–H and O–H groups in total. The summed E-state index contributed by atoms with van der Waals surface area (Å²) in [5.41, 5.74) is 14.6. The summed E-state index contributed by atoms with van der Waals surface area (Å²) in [6, 6.07) is 4.32. The molecule has 31 heavy (non-hydrogen) atoms. The largest absolute Gasteiger partial charge is 0.388 e. The third kappa shape index (κ3) is 8.34. The van der Waals surface area contributed by atoms with Crippen LogP contribution < -0.4 is 39.5 Å². The van der Waals surface area contributed by atoms with Crippen LogP contribution in [-0.4, -0.2) is 41.3 Å². The molecule has 0 bridgehead atoms. The van der Waals surface area contributed by atoms with Gasteiger partial charge in [-0.1, -0.05) is 13.5 Å². The SMILES string of the molecule is C.CNNc1ccc(CNc2nc(/C(C)=C/NC3CCOCC3)cnc2N)cn1.N.N. The van der Waals surface area contributed by atoms with Gasteiger partial charge >= 0.3 is 0 Å². The smallest absolute Gasteiger partial charge is 0.169 e. The van der Waals surface area contributed by atoms with Gasteiger partial charge in [0.2, 0.25) is 0 Å². The van der Waals surface area contributed by atoms with Gasteiger partial charge in [-0.05, 0) is 37.0 Å². The lowest BCUT2D eigenvalue weighted by Gasteiger charge is -2.22. The molecule has 0 aromatic carbocycles. The number of allylic oxidation sites excluding steroid dienone is 1. The van der Waals surface area contributed by atoms with Crippen molar-refractivity contribution in [1.82, 2.24) is 38.0 Å². The van der Waals surface area contributed by atoms with E-state index in [1.165, 1.54) is 0 Å².